The molecule has 4 nitrogen and oxygen atoms in total. The fourth-order valence-corrected chi connectivity index (χ4v) is 2.14. The first-order chi connectivity index (χ1) is 9.15. The van der Waals surface area contributed by atoms with Gasteiger partial charge in [-0.25, -0.2) is 4.79 Å². The largest absolute Gasteiger partial charge is 0.495 e. The highest BCUT2D eigenvalue weighted by Crippen LogP contribution is 2.30. The van der Waals surface area contributed by atoms with E-state index in [1.807, 2.05) is 6.07 Å². The predicted octanol–water partition coefficient (Wildman–Crippen LogP) is 2.70. The maximum Gasteiger partial charge on any atom is 0.327 e. The number of benzene rings is 1. The van der Waals surface area contributed by atoms with Gasteiger partial charge in [0.15, 0.2) is 0 Å². The molecule has 5 heteroatoms. The standard InChI is InChI=1S/C14H18ClNO3/c1-3-19-14(17)13(16-10-5-6-10)9-4-7-12(18-2)11(15)8-9/h4,7-8,10,13,16H,3,5-6H2,1-2H3. The second-order valence-corrected chi connectivity index (χ2v) is 4.93. The Morgan fingerprint density at radius 2 is 2.26 bits per heavy atom. The molecule has 1 aliphatic carbocycles. The number of halogens is 1. The Morgan fingerprint density at radius 1 is 1.53 bits per heavy atom. The Balaban J connectivity index is 2.20. The van der Waals surface area contributed by atoms with E-state index in [0.717, 1.165) is 18.4 Å². The van der Waals surface area contributed by atoms with Gasteiger partial charge in [-0.3, -0.25) is 5.32 Å². The van der Waals surface area contributed by atoms with Crippen molar-refractivity contribution < 1.29 is 14.3 Å². The van der Waals surface area contributed by atoms with Gasteiger partial charge in [-0.1, -0.05) is 17.7 Å². The molecule has 1 fully saturated rings. The molecule has 2 rings (SSSR count). The minimum atomic E-state index is -0.462. The van der Waals surface area contributed by atoms with Crippen LogP contribution in [-0.2, 0) is 9.53 Å². The Labute approximate surface area is 118 Å². The summed E-state index contributed by atoms with van der Waals surface area (Å²) in [5, 5.41) is 3.78. The highest BCUT2D eigenvalue weighted by atomic mass is 35.5. The lowest BCUT2D eigenvalue weighted by molar-refractivity contribution is -0.145. The topological polar surface area (TPSA) is 47.6 Å². The quantitative estimate of drug-likeness (QED) is 0.816. The average molecular weight is 284 g/mol. The average Bonchev–Trinajstić information content (AvgIpc) is 3.20. The minimum Gasteiger partial charge on any atom is -0.495 e. The molecule has 104 valence electrons. The van der Waals surface area contributed by atoms with Gasteiger partial charge in [0.2, 0.25) is 0 Å². The third-order valence-electron chi connectivity index (χ3n) is 3.01. The molecule has 1 unspecified atom stereocenters. The van der Waals surface area contributed by atoms with Crippen LogP contribution in [0, 0.1) is 0 Å². The van der Waals surface area contributed by atoms with Gasteiger partial charge in [0.25, 0.3) is 0 Å². The number of ether oxygens (including phenoxy) is 2. The van der Waals surface area contributed by atoms with Crippen LogP contribution in [0.4, 0.5) is 0 Å². The van der Waals surface area contributed by atoms with E-state index >= 15 is 0 Å². The van der Waals surface area contributed by atoms with Crippen LogP contribution in [0.15, 0.2) is 18.2 Å². The van der Waals surface area contributed by atoms with Gasteiger partial charge in [-0.15, -0.1) is 0 Å². The molecule has 0 heterocycles. The number of esters is 1. The first-order valence-electron chi connectivity index (χ1n) is 6.41. The van der Waals surface area contributed by atoms with Crippen molar-refractivity contribution in [1.29, 1.82) is 0 Å². The Hall–Kier alpha value is -1.26. The van der Waals surface area contributed by atoms with Crippen molar-refractivity contribution in [3.05, 3.63) is 28.8 Å². The summed E-state index contributed by atoms with van der Waals surface area (Å²) in [6.45, 7) is 2.17. The predicted molar refractivity (Wildman–Crippen MR) is 73.5 cm³/mol. The molecular formula is C14H18ClNO3. The maximum absolute atomic E-state index is 12.0. The molecule has 0 aromatic heterocycles. The van der Waals surface area contributed by atoms with Crippen molar-refractivity contribution >= 4 is 17.6 Å². The van der Waals surface area contributed by atoms with E-state index in [4.69, 9.17) is 21.1 Å². The van der Waals surface area contributed by atoms with Crippen LogP contribution < -0.4 is 10.1 Å². The Bertz CT molecular complexity index is 460. The monoisotopic (exact) mass is 283 g/mol. The van der Waals surface area contributed by atoms with Crippen molar-refractivity contribution in [3.63, 3.8) is 0 Å². The molecule has 1 saturated carbocycles. The molecule has 0 radical (unpaired) electrons. The van der Waals surface area contributed by atoms with Gasteiger partial charge in [-0.05, 0) is 37.5 Å². The molecule has 1 atom stereocenters. The molecule has 0 spiro atoms. The van der Waals surface area contributed by atoms with Crippen molar-refractivity contribution in [1.82, 2.24) is 5.32 Å². The molecule has 0 saturated heterocycles. The first kappa shape index (κ1) is 14.2. The fraction of sp³-hybridized carbons (Fsp3) is 0.500. The molecule has 1 aromatic rings. The Morgan fingerprint density at radius 3 is 2.79 bits per heavy atom. The summed E-state index contributed by atoms with van der Waals surface area (Å²) in [4.78, 5) is 12.0. The number of nitrogens with one attached hydrogen (secondary N) is 1. The van der Waals surface area contributed by atoms with Crippen LogP contribution in [0.25, 0.3) is 0 Å². The van der Waals surface area contributed by atoms with E-state index in [2.05, 4.69) is 5.32 Å². The van der Waals surface area contributed by atoms with Crippen LogP contribution in [0.5, 0.6) is 5.75 Å². The SMILES string of the molecule is CCOC(=O)C(NC1CC1)c1ccc(OC)c(Cl)c1. The van der Waals surface area contributed by atoms with E-state index in [-0.39, 0.29) is 5.97 Å². The summed E-state index contributed by atoms with van der Waals surface area (Å²) in [6.07, 6.45) is 2.19. The molecule has 0 amide bonds. The van der Waals surface area contributed by atoms with Crippen molar-refractivity contribution in [2.45, 2.75) is 31.8 Å². The van der Waals surface area contributed by atoms with Gasteiger partial charge in [0.1, 0.15) is 11.8 Å². The summed E-state index contributed by atoms with van der Waals surface area (Å²) in [7, 11) is 1.56. The molecular weight excluding hydrogens is 266 g/mol. The number of methoxy groups -OCH3 is 1. The zero-order valence-electron chi connectivity index (χ0n) is 11.1. The number of hydrogen-bond donors (Lipinski definition) is 1. The zero-order chi connectivity index (χ0) is 13.8. The number of hydrogen-bond acceptors (Lipinski definition) is 4. The van der Waals surface area contributed by atoms with Gasteiger partial charge >= 0.3 is 5.97 Å². The zero-order valence-corrected chi connectivity index (χ0v) is 11.9. The maximum atomic E-state index is 12.0. The first-order valence-corrected chi connectivity index (χ1v) is 6.79. The van der Waals surface area contributed by atoms with Crippen molar-refractivity contribution in [2.75, 3.05) is 13.7 Å². The summed E-state index contributed by atoms with van der Waals surface area (Å²) in [6, 6.07) is 5.28. The van der Waals surface area contributed by atoms with Gasteiger partial charge < -0.3 is 9.47 Å². The second-order valence-electron chi connectivity index (χ2n) is 4.52. The van der Waals surface area contributed by atoms with Crippen molar-refractivity contribution in [2.24, 2.45) is 0 Å². The third-order valence-corrected chi connectivity index (χ3v) is 3.31. The van der Waals surface area contributed by atoms with Crippen LogP contribution in [0.1, 0.15) is 31.4 Å². The van der Waals surface area contributed by atoms with Gasteiger partial charge in [0, 0.05) is 6.04 Å². The summed E-state index contributed by atoms with van der Waals surface area (Å²) in [5.41, 5.74) is 0.802. The molecule has 19 heavy (non-hydrogen) atoms. The number of rotatable bonds is 6. The Kier molecular flexibility index (Phi) is 4.66. The van der Waals surface area contributed by atoms with E-state index in [0.29, 0.717) is 23.4 Å². The summed E-state index contributed by atoms with van der Waals surface area (Å²) in [5.74, 6) is 0.329. The van der Waals surface area contributed by atoms with Gasteiger partial charge in [0.05, 0.1) is 18.7 Å². The van der Waals surface area contributed by atoms with Crippen LogP contribution in [0.3, 0.4) is 0 Å². The fourth-order valence-electron chi connectivity index (χ4n) is 1.87. The van der Waals surface area contributed by atoms with E-state index < -0.39 is 6.04 Å². The number of carbonyl (C=O) groups is 1. The lowest BCUT2D eigenvalue weighted by Gasteiger charge is -2.18. The normalized spacial score (nSPS) is 15.9. The van der Waals surface area contributed by atoms with E-state index in [9.17, 15) is 4.79 Å². The third kappa shape index (κ3) is 3.61. The van der Waals surface area contributed by atoms with Gasteiger partial charge in [-0.2, -0.15) is 0 Å². The van der Waals surface area contributed by atoms with Crippen LogP contribution in [0.2, 0.25) is 5.02 Å². The molecule has 1 N–H and O–H groups in total. The van der Waals surface area contributed by atoms with E-state index in [1.54, 1.807) is 26.2 Å². The summed E-state index contributed by atoms with van der Waals surface area (Å²) >= 11 is 6.10. The highest BCUT2D eigenvalue weighted by molar-refractivity contribution is 6.32. The van der Waals surface area contributed by atoms with Crippen molar-refractivity contribution in [3.8, 4) is 5.75 Å². The molecule has 0 bridgehead atoms. The number of carbonyl (C=O) groups excluding carboxylic acids is 1. The minimum absolute atomic E-state index is 0.268. The molecule has 1 aromatic carbocycles. The molecule has 1 aliphatic rings. The van der Waals surface area contributed by atoms with Crippen LogP contribution in [-0.4, -0.2) is 25.7 Å². The molecule has 0 aliphatic heterocycles. The highest BCUT2D eigenvalue weighted by Gasteiger charge is 2.30. The van der Waals surface area contributed by atoms with Crippen LogP contribution >= 0.6 is 11.6 Å². The summed E-state index contributed by atoms with van der Waals surface area (Å²) < 4.78 is 10.2. The lowest BCUT2D eigenvalue weighted by Crippen LogP contribution is -2.31. The second kappa shape index (κ2) is 6.26. The van der Waals surface area contributed by atoms with E-state index in [1.165, 1.54) is 0 Å². The lowest BCUT2D eigenvalue weighted by atomic mass is 10.1. The smallest absolute Gasteiger partial charge is 0.327 e.